The molecule has 0 spiro atoms. The smallest absolute Gasteiger partial charge is 0.130 e. The van der Waals surface area contributed by atoms with Crippen LogP contribution in [0.3, 0.4) is 0 Å². The summed E-state index contributed by atoms with van der Waals surface area (Å²) in [5.41, 5.74) is 3.32. The first-order valence-corrected chi connectivity index (χ1v) is 14.9. The molecule has 1 fully saturated rings. The van der Waals surface area contributed by atoms with Crippen LogP contribution in [0.4, 0.5) is 5.69 Å². The highest BCUT2D eigenvalue weighted by molar-refractivity contribution is 7.17. The molecule has 5 nitrogen and oxygen atoms in total. The molecule has 8 heteroatoms. The molecule has 0 saturated carbocycles. The Bertz CT molecular complexity index is 1710. The van der Waals surface area contributed by atoms with Gasteiger partial charge in [0, 0.05) is 71.7 Å². The number of anilines is 1. The van der Waals surface area contributed by atoms with Crippen molar-refractivity contribution in [3.63, 3.8) is 0 Å². The molecule has 0 atom stereocenters. The van der Waals surface area contributed by atoms with Crippen molar-refractivity contribution < 1.29 is 4.74 Å². The van der Waals surface area contributed by atoms with E-state index in [0.29, 0.717) is 0 Å². The van der Waals surface area contributed by atoms with Crippen LogP contribution in [0.1, 0.15) is 6.42 Å². The van der Waals surface area contributed by atoms with Gasteiger partial charge < -0.3 is 9.64 Å². The molecule has 0 aliphatic carbocycles. The van der Waals surface area contributed by atoms with E-state index >= 15 is 0 Å². The highest BCUT2D eigenvalue weighted by atomic mass is 35.5. The highest BCUT2D eigenvalue weighted by Crippen LogP contribution is 2.31. The first kappa shape index (κ1) is 29.1. The van der Waals surface area contributed by atoms with E-state index in [2.05, 4.69) is 55.5 Å². The Morgan fingerprint density at radius 2 is 1.44 bits per heavy atom. The summed E-state index contributed by atoms with van der Waals surface area (Å²) in [6, 6.07) is 28.6. The molecule has 6 aromatic rings. The quantitative estimate of drug-likeness (QED) is 0.179. The number of rotatable bonds is 6. The Morgan fingerprint density at radius 1 is 0.732 bits per heavy atom. The lowest BCUT2D eigenvalue weighted by molar-refractivity contribution is 0.225. The number of aromatic nitrogens is 2. The van der Waals surface area contributed by atoms with Crippen LogP contribution in [0.5, 0.6) is 5.75 Å². The third kappa shape index (κ3) is 6.91. The Morgan fingerprint density at radius 3 is 2.22 bits per heavy atom. The van der Waals surface area contributed by atoms with E-state index < -0.39 is 0 Å². The van der Waals surface area contributed by atoms with Gasteiger partial charge in [-0.1, -0.05) is 48.0 Å². The number of nitrogens with zero attached hydrogens (tertiary/aromatic N) is 4. The Labute approximate surface area is 255 Å². The van der Waals surface area contributed by atoms with E-state index in [-0.39, 0.29) is 12.4 Å². The summed E-state index contributed by atoms with van der Waals surface area (Å²) in [4.78, 5) is 13.6. The van der Waals surface area contributed by atoms with Crippen LogP contribution in [-0.4, -0.2) is 54.2 Å². The molecular weight excluding hydrogens is 571 g/mol. The zero-order valence-electron chi connectivity index (χ0n) is 22.7. The summed E-state index contributed by atoms with van der Waals surface area (Å²) < 4.78 is 7.44. The SMILES string of the molecule is Cl.Clc1ccnc2ccccc12.c1ccc2c(OCCCN3CCN(c4cccc5sccc45)CC3)ccnc2c1. The molecule has 210 valence electrons. The zero-order valence-corrected chi connectivity index (χ0v) is 25.0. The predicted octanol–water partition coefficient (Wildman–Crippen LogP) is 8.35. The molecule has 0 unspecified atom stereocenters. The molecule has 4 heterocycles. The summed E-state index contributed by atoms with van der Waals surface area (Å²) in [5, 5.41) is 6.44. The number of hydrogen-bond donors (Lipinski definition) is 0. The maximum atomic E-state index is 6.06. The maximum Gasteiger partial charge on any atom is 0.130 e. The van der Waals surface area contributed by atoms with Crippen molar-refractivity contribution in [2.75, 3.05) is 44.2 Å². The van der Waals surface area contributed by atoms with Crippen molar-refractivity contribution in [1.82, 2.24) is 14.9 Å². The van der Waals surface area contributed by atoms with Gasteiger partial charge in [0.05, 0.1) is 22.7 Å². The average molecular weight is 604 g/mol. The van der Waals surface area contributed by atoms with Gasteiger partial charge in [0.25, 0.3) is 0 Å². The van der Waals surface area contributed by atoms with Gasteiger partial charge in [-0.15, -0.1) is 23.7 Å². The molecule has 0 radical (unpaired) electrons. The molecule has 1 aliphatic heterocycles. The van der Waals surface area contributed by atoms with Crippen molar-refractivity contribution in [2.45, 2.75) is 6.42 Å². The fraction of sp³-hybridized carbons (Fsp3) is 0.212. The van der Waals surface area contributed by atoms with Gasteiger partial charge in [-0.25, -0.2) is 0 Å². The molecule has 0 N–H and O–H groups in total. The standard InChI is InChI=1S/C24H25N3OS.C9H6ClN.ClH/c1-2-6-21-19(5-1)23(9-11-25-21)28-17-4-12-26-13-15-27(16-14-26)22-7-3-8-24-20(22)10-18-29-24;10-8-5-6-11-9-4-2-1-3-7(8)9;/h1-3,5-11,18H,4,12-17H2;1-6H;1H. The molecular formula is C33H32Cl2N4OS. The van der Waals surface area contributed by atoms with Crippen molar-refractivity contribution in [2.24, 2.45) is 0 Å². The Hall–Kier alpha value is -3.42. The maximum absolute atomic E-state index is 6.06. The Kier molecular flexibility index (Phi) is 9.91. The first-order valence-electron chi connectivity index (χ1n) is 13.7. The van der Waals surface area contributed by atoms with Gasteiger partial charge in [0.1, 0.15) is 5.75 Å². The lowest BCUT2D eigenvalue weighted by Gasteiger charge is -2.36. The fourth-order valence-electron chi connectivity index (χ4n) is 5.19. The van der Waals surface area contributed by atoms with Crippen LogP contribution < -0.4 is 9.64 Å². The summed E-state index contributed by atoms with van der Waals surface area (Å²) >= 11 is 7.74. The van der Waals surface area contributed by atoms with Crippen molar-refractivity contribution in [3.05, 3.63) is 108 Å². The van der Waals surface area contributed by atoms with E-state index in [4.69, 9.17) is 16.3 Å². The van der Waals surface area contributed by atoms with Crippen LogP contribution in [0.15, 0.2) is 103 Å². The topological polar surface area (TPSA) is 41.5 Å². The minimum Gasteiger partial charge on any atom is -0.493 e. The summed E-state index contributed by atoms with van der Waals surface area (Å²) in [6.45, 7) is 6.22. The molecule has 0 bridgehead atoms. The fourth-order valence-corrected chi connectivity index (χ4v) is 6.22. The van der Waals surface area contributed by atoms with E-state index in [9.17, 15) is 0 Å². The molecule has 41 heavy (non-hydrogen) atoms. The second-order valence-electron chi connectivity index (χ2n) is 9.78. The lowest BCUT2D eigenvalue weighted by Crippen LogP contribution is -2.46. The number of benzene rings is 3. The number of halogens is 2. The zero-order chi connectivity index (χ0) is 27.1. The van der Waals surface area contributed by atoms with Crippen molar-refractivity contribution in [3.8, 4) is 5.75 Å². The second kappa shape index (κ2) is 14.0. The minimum absolute atomic E-state index is 0. The summed E-state index contributed by atoms with van der Waals surface area (Å²) in [7, 11) is 0. The number of piperazine rings is 1. The van der Waals surface area contributed by atoms with E-state index in [0.717, 1.165) is 78.3 Å². The number of hydrogen-bond acceptors (Lipinski definition) is 6. The van der Waals surface area contributed by atoms with Crippen molar-refractivity contribution >= 4 is 72.9 Å². The number of thiophene rings is 1. The molecule has 1 aliphatic rings. The summed E-state index contributed by atoms with van der Waals surface area (Å²) in [5.74, 6) is 0.935. The average Bonchev–Trinajstić information content (AvgIpc) is 3.50. The van der Waals surface area contributed by atoms with Gasteiger partial charge in [-0.3, -0.25) is 14.9 Å². The summed E-state index contributed by atoms with van der Waals surface area (Å²) in [6.07, 6.45) is 4.58. The van der Waals surface area contributed by atoms with Crippen LogP contribution >= 0.6 is 35.3 Å². The molecule has 1 saturated heterocycles. The molecule has 3 aromatic carbocycles. The third-order valence-electron chi connectivity index (χ3n) is 7.27. The van der Waals surface area contributed by atoms with Crippen LogP contribution in [0.2, 0.25) is 5.02 Å². The van der Waals surface area contributed by atoms with Crippen LogP contribution in [-0.2, 0) is 0 Å². The first-order chi connectivity index (χ1) is 19.8. The number of fused-ring (bicyclic) bond motifs is 3. The van der Waals surface area contributed by atoms with Crippen LogP contribution in [0, 0.1) is 0 Å². The number of para-hydroxylation sites is 2. The molecule has 3 aromatic heterocycles. The molecule has 0 amide bonds. The van der Waals surface area contributed by atoms with Crippen LogP contribution in [0.25, 0.3) is 31.9 Å². The number of ether oxygens (including phenoxy) is 1. The monoisotopic (exact) mass is 602 g/mol. The van der Waals surface area contributed by atoms with Gasteiger partial charge >= 0.3 is 0 Å². The normalized spacial score (nSPS) is 13.5. The lowest BCUT2D eigenvalue weighted by atomic mass is 10.2. The third-order valence-corrected chi connectivity index (χ3v) is 8.48. The van der Waals surface area contributed by atoms with Gasteiger partial charge in [-0.2, -0.15) is 0 Å². The minimum atomic E-state index is 0. The second-order valence-corrected chi connectivity index (χ2v) is 11.1. The Balaban J connectivity index is 0.000000236. The van der Waals surface area contributed by atoms with Gasteiger partial charge in [-0.05, 0) is 60.3 Å². The van der Waals surface area contributed by atoms with Crippen molar-refractivity contribution in [1.29, 1.82) is 0 Å². The van der Waals surface area contributed by atoms with E-state index in [1.165, 1.54) is 15.8 Å². The van der Waals surface area contributed by atoms with Gasteiger partial charge in [0.15, 0.2) is 0 Å². The number of pyridine rings is 2. The molecule has 7 rings (SSSR count). The highest BCUT2D eigenvalue weighted by Gasteiger charge is 2.18. The van der Waals surface area contributed by atoms with E-state index in [1.54, 1.807) is 12.3 Å². The van der Waals surface area contributed by atoms with E-state index in [1.807, 2.05) is 66.1 Å². The van der Waals surface area contributed by atoms with Gasteiger partial charge in [0.2, 0.25) is 0 Å². The largest absolute Gasteiger partial charge is 0.493 e. The predicted molar refractivity (Wildman–Crippen MR) is 176 cm³/mol.